The SMILES string of the molecule is CC(C)(C)OC(=O)N=S(=O)(c1ccc(C(=O)O)cc1)C1CC1. The summed E-state index contributed by atoms with van der Waals surface area (Å²) in [5.74, 6) is -1.06. The van der Waals surface area contributed by atoms with Crippen LogP contribution in [0.25, 0.3) is 0 Å². The average Bonchev–Trinajstić information content (AvgIpc) is 3.20. The van der Waals surface area contributed by atoms with Gasteiger partial charge in [0.1, 0.15) is 5.60 Å². The lowest BCUT2D eigenvalue weighted by molar-refractivity contribution is 0.0606. The summed E-state index contributed by atoms with van der Waals surface area (Å²) in [4.78, 5) is 23.1. The molecule has 1 aliphatic rings. The summed E-state index contributed by atoms with van der Waals surface area (Å²) >= 11 is 0. The Morgan fingerprint density at radius 1 is 1.23 bits per heavy atom. The molecule has 2 rings (SSSR count). The van der Waals surface area contributed by atoms with Gasteiger partial charge in [0.2, 0.25) is 0 Å². The molecule has 0 saturated heterocycles. The number of hydrogen-bond donors (Lipinski definition) is 1. The average molecular weight is 325 g/mol. The predicted octanol–water partition coefficient (Wildman–Crippen LogP) is 3.31. The third kappa shape index (κ3) is 3.85. The summed E-state index contributed by atoms with van der Waals surface area (Å²) in [6, 6.07) is 5.64. The summed E-state index contributed by atoms with van der Waals surface area (Å²) in [5, 5.41) is 8.72. The van der Waals surface area contributed by atoms with Gasteiger partial charge in [0, 0.05) is 10.1 Å². The summed E-state index contributed by atoms with van der Waals surface area (Å²) < 4.78 is 22.0. The highest BCUT2D eigenvalue weighted by Gasteiger charge is 2.36. The van der Waals surface area contributed by atoms with Crippen LogP contribution >= 0.6 is 0 Å². The van der Waals surface area contributed by atoms with Gasteiger partial charge in [-0.25, -0.2) is 13.8 Å². The highest BCUT2D eigenvalue weighted by atomic mass is 32.2. The molecule has 0 aliphatic heterocycles. The normalized spacial score (nSPS) is 17.4. The highest BCUT2D eigenvalue weighted by Crippen LogP contribution is 2.36. The number of ether oxygens (including phenoxy) is 1. The van der Waals surface area contributed by atoms with E-state index in [1.165, 1.54) is 24.3 Å². The maximum Gasteiger partial charge on any atom is 0.442 e. The molecule has 6 nitrogen and oxygen atoms in total. The minimum Gasteiger partial charge on any atom is -0.478 e. The van der Waals surface area contributed by atoms with Crippen molar-refractivity contribution in [2.24, 2.45) is 4.36 Å². The van der Waals surface area contributed by atoms with E-state index < -0.39 is 27.4 Å². The van der Waals surface area contributed by atoms with E-state index in [1.807, 2.05) is 0 Å². The zero-order chi connectivity index (χ0) is 16.5. The Labute approximate surface area is 129 Å². The largest absolute Gasteiger partial charge is 0.478 e. The number of benzene rings is 1. The van der Waals surface area contributed by atoms with Gasteiger partial charge in [-0.3, -0.25) is 0 Å². The van der Waals surface area contributed by atoms with Crippen LogP contribution in [0.1, 0.15) is 44.0 Å². The standard InChI is InChI=1S/C15H19NO5S/c1-15(2,3)21-14(19)16-22(20,12-8-9-12)11-6-4-10(5-7-11)13(17)18/h4-7,12H,8-9H2,1-3H3,(H,17,18). The third-order valence-corrected chi connectivity index (χ3v) is 5.76. The minimum atomic E-state index is -2.93. The van der Waals surface area contributed by atoms with Crippen LogP contribution in [0.15, 0.2) is 33.5 Å². The topological polar surface area (TPSA) is 93.0 Å². The first-order valence-electron chi connectivity index (χ1n) is 6.94. The van der Waals surface area contributed by atoms with Crippen molar-refractivity contribution >= 4 is 21.8 Å². The van der Waals surface area contributed by atoms with Gasteiger partial charge in [-0.15, -0.1) is 4.36 Å². The van der Waals surface area contributed by atoms with Crippen molar-refractivity contribution in [1.82, 2.24) is 0 Å². The Kier molecular flexibility index (Phi) is 4.28. The first kappa shape index (κ1) is 16.5. The number of carbonyl (C=O) groups is 2. The number of hydrogen-bond acceptors (Lipinski definition) is 4. The van der Waals surface area contributed by atoms with Gasteiger partial charge >= 0.3 is 12.1 Å². The molecule has 1 aliphatic carbocycles. The Bertz CT molecular complexity index is 704. The molecule has 1 N–H and O–H groups in total. The van der Waals surface area contributed by atoms with E-state index in [0.29, 0.717) is 4.90 Å². The van der Waals surface area contributed by atoms with E-state index in [4.69, 9.17) is 9.84 Å². The van der Waals surface area contributed by atoms with Crippen LogP contribution in [-0.2, 0) is 14.5 Å². The molecule has 1 amide bonds. The molecule has 1 aromatic carbocycles. The fourth-order valence-corrected chi connectivity index (χ4v) is 4.09. The molecule has 22 heavy (non-hydrogen) atoms. The molecule has 1 saturated carbocycles. The van der Waals surface area contributed by atoms with Gasteiger partial charge in [-0.1, -0.05) is 0 Å². The molecule has 7 heteroatoms. The fourth-order valence-electron chi connectivity index (χ4n) is 1.89. The molecule has 0 heterocycles. The maximum atomic E-state index is 13.1. The molecule has 0 bridgehead atoms. The van der Waals surface area contributed by atoms with Crippen molar-refractivity contribution < 1.29 is 23.6 Å². The van der Waals surface area contributed by atoms with Gasteiger partial charge in [0.05, 0.1) is 15.3 Å². The van der Waals surface area contributed by atoms with Crippen LogP contribution < -0.4 is 0 Å². The van der Waals surface area contributed by atoms with Crippen LogP contribution in [0, 0.1) is 0 Å². The van der Waals surface area contributed by atoms with Crippen molar-refractivity contribution in [3.63, 3.8) is 0 Å². The molecular weight excluding hydrogens is 306 g/mol. The van der Waals surface area contributed by atoms with Crippen LogP contribution in [-0.4, -0.2) is 32.2 Å². The number of aromatic carboxylic acids is 1. The van der Waals surface area contributed by atoms with Gasteiger partial charge in [-0.2, -0.15) is 0 Å². The summed E-state index contributed by atoms with van der Waals surface area (Å²) in [6.07, 6.45) is 0.601. The minimum absolute atomic E-state index is 0.0959. The van der Waals surface area contributed by atoms with Crippen molar-refractivity contribution in [2.45, 2.75) is 49.4 Å². The predicted molar refractivity (Wildman–Crippen MR) is 81.5 cm³/mol. The van der Waals surface area contributed by atoms with Gasteiger partial charge in [0.25, 0.3) is 0 Å². The zero-order valence-corrected chi connectivity index (χ0v) is 13.6. The smallest absolute Gasteiger partial charge is 0.442 e. The number of carbonyl (C=O) groups excluding carboxylic acids is 1. The van der Waals surface area contributed by atoms with Crippen LogP contribution in [0.3, 0.4) is 0 Å². The molecule has 120 valence electrons. The van der Waals surface area contributed by atoms with Gasteiger partial charge < -0.3 is 9.84 Å². The second-order valence-corrected chi connectivity index (χ2v) is 8.63. The zero-order valence-electron chi connectivity index (χ0n) is 12.7. The number of carboxylic acids is 1. The summed E-state index contributed by atoms with van der Waals surface area (Å²) in [7, 11) is -2.93. The van der Waals surface area contributed by atoms with E-state index in [1.54, 1.807) is 20.8 Å². The molecule has 1 atom stereocenters. The maximum absolute atomic E-state index is 13.1. The number of nitrogens with zero attached hydrogens (tertiary/aromatic N) is 1. The molecule has 1 unspecified atom stereocenters. The van der Waals surface area contributed by atoms with Crippen LogP contribution in [0.5, 0.6) is 0 Å². The Balaban J connectivity index is 2.38. The molecule has 0 radical (unpaired) electrons. The third-order valence-electron chi connectivity index (χ3n) is 3.02. The second kappa shape index (κ2) is 5.72. The van der Waals surface area contributed by atoms with Crippen molar-refractivity contribution in [1.29, 1.82) is 0 Å². The Morgan fingerprint density at radius 2 is 1.77 bits per heavy atom. The van der Waals surface area contributed by atoms with Gasteiger partial charge in [0.15, 0.2) is 0 Å². The lowest BCUT2D eigenvalue weighted by atomic mass is 10.2. The van der Waals surface area contributed by atoms with E-state index in [2.05, 4.69) is 4.36 Å². The quantitative estimate of drug-likeness (QED) is 0.920. The molecular formula is C15H19NO5S. The number of rotatable bonds is 3. The van der Waals surface area contributed by atoms with Crippen molar-refractivity contribution in [3.8, 4) is 0 Å². The van der Waals surface area contributed by atoms with Crippen LogP contribution in [0.2, 0.25) is 0 Å². The molecule has 0 spiro atoms. The Morgan fingerprint density at radius 3 is 2.18 bits per heavy atom. The van der Waals surface area contributed by atoms with Gasteiger partial charge in [-0.05, 0) is 57.9 Å². The van der Waals surface area contributed by atoms with Crippen LogP contribution in [0.4, 0.5) is 4.79 Å². The monoisotopic (exact) mass is 325 g/mol. The number of amides is 1. The highest BCUT2D eigenvalue weighted by molar-refractivity contribution is 7.94. The second-order valence-electron chi connectivity index (χ2n) is 6.17. The van der Waals surface area contributed by atoms with Crippen molar-refractivity contribution in [3.05, 3.63) is 29.8 Å². The molecule has 1 fully saturated rings. The lowest BCUT2D eigenvalue weighted by Crippen LogP contribution is -2.23. The summed E-state index contributed by atoms with van der Waals surface area (Å²) in [5.41, 5.74) is -0.615. The lowest BCUT2D eigenvalue weighted by Gasteiger charge is -2.18. The Hall–Kier alpha value is -1.89. The van der Waals surface area contributed by atoms with E-state index in [-0.39, 0.29) is 10.8 Å². The van der Waals surface area contributed by atoms with E-state index >= 15 is 0 Å². The number of carboxylic acid groups (broad SMARTS) is 1. The first-order valence-corrected chi connectivity index (χ1v) is 8.52. The van der Waals surface area contributed by atoms with E-state index in [9.17, 15) is 13.8 Å². The van der Waals surface area contributed by atoms with E-state index in [0.717, 1.165) is 12.8 Å². The molecule has 1 aromatic rings. The first-order chi connectivity index (χ1) is 10.1. The summed E-state index contributed by atoms with van der Waals surface area (Å²) in [6.45, 7) is 5.13. The fraction of sp³-hybridized carbons (Fsp3) is 0.467. The van der Waals surface area contributed by atoms with Crippen molar-refractivity contribution in [2.75, 3.05) is 0 Å². The molecule has 0 aromatic heterocycles.